The second-order valence-electron chi connectivity index (χ2n) is 9.82. The van der Waals surface area contributed by atoms with Crippen molar-refractivity contribution in [3.05, 3.63) is 143 Å². The van der Waals surface area contributed by atoms with Gasteiger partial charge in [0.15, 0.2) is 7.14 Å². The third kappa shape index (κ3) is 3.25. The van der Waals surface area contributed by atoms with E-state index in [1.807, 2.05) is 72.9 Å². The van der Waals surface area contributed by atoms with E-state index in [9.17, 15) is 4.57 Å². The van der Waals surface area contributed by atoms with Crippen LogP contribution in [-0.2, 0) is 11.0 Å². The van der Waals surface area contributed by atoms with Crippen molar-refractivity contribution in [1.29, 1.82) is 0 Å². The second kappa shape index (κ2) is 8.43. The molecule has 4 aromatic rings. The maximum Gasteiger partial charge on any atom is 0.188 e. The Balaban J connectivity index is 1.33. The van der Waals surface area contributed by atoms with E-state index >= 15 is 0 Å². The number of aryl methyl sites for hydroxylation is 1. The fourth-order valence-corrected chi connectivity index (χ4v) is 8.74. The lowest BCUT2D eigenvalue weighted by molar-refractivity contribution is 0.592. The van der Waals surface area contributed by atoms with E-state index < -0.39 is 7.14 Å². The van der Waals surface area contributed by atoms with Crippen molar-refractivity contribution < 1.29 is 4.57 Å². The van der Waals surface area contributed by atoms with Gasteiger partial charge in [-0.05, 0) is 41.2 Å². The summed E-state index contributed by atoms with van der Waals surface area (Å²) >= 11 is 0. The van der Waals surface area contributed by atoms with E-state index in [0.717, 1.165) is 29.0 Å². The van der Waals surface area contributed by atoms with Gasteiger partial charge in [0.05, 0.1) is 0 Å². The van der Waals surface area contributed by atoms with Gasteiger partial charge in [-0.3, -0.25) is 4.98 Å². The maximum absolute atomic E-state index is 14.7. The number of nitrogens with zero attached hydrogens (tertiary/aromatic N) is 1. The Hall–Kier alpha value is -3.74. The predicted octanol–water partition coefficient (Wildman–Crippen LogP) is 6.42. The van der Waals surface area contributed by atoms with Gasteiger partial charge in [-0.1, -0.05) is 115 Å². The van der Waals surface area contributed by atoms with Crippen LogP contribution in [0.5, 0.6) is 0 Å². The predicted molar refractivity (Wildman–Crippen MR) is 150 cm³/mol. The molecule has 1 aromatic heterocycles. The molecule has 7 rings (SSSR count). The van der Waals surface area contributed by atoms with Gasteiger partial charge < -0.3 is 4.57 Å². The number of hydrogen-bond donors (Lipinski definition) is 0. The summed E-state index contributed by atoms with van der Waals surface area (Å²) in [6.07, 6.45) is 13.4. The lowest BCUT2D eigenvalue weighted by Crippen LogP contribution is -2.27. The molecule has 3 aromatic carbocycles. The highest BCUT2D eigenvalue weighted by atomic mass is 31.2. The molecule has 0 aliphatic heterocycles. The molecule has 3 heteroatoms. The van der Waals surface area contributed by atoms with Crippen LogP contribution in [0.4, 0.5) is 0 Å². The van der Waals surface area contributed by atoms with Crippen LogP contribution in [0.25, 0.3) is 11.6 Å². The van der Waals surface area contributed by atoms with E-state index in [-0.39, 0.29) is 0 Å². The Labute approximate surface area is 212 Å². The SMILES string of the molecule is O=P(c1ccccc1)(c1ccccc1)c1ccc(C2=C3CCc4cccc5c4C3C(C=C2)C=C5)cn1. The molecule has 0 saturated heterocycles. The number of aromatic nitrogens is 1. The lowest BCUT2D eigenvalue weighted by atomic mass is 9.65. The monoisotopic (exact) mass is 483 g/mol. The van der Waals surface area contributed by atoms with Gasteiger partial charge in [0, 0.05) is 34.2 Å². The summed E-state index contributed by atoms with van der Waals surface area (Å²) in [5.41, 5.74) is 8.88. The highest BCUT2D eigenvalue weighted by molar-refractivity contribution is 7.85. The largest absolute Gasteiger partial charge is 0.307 e. The molecule has 2 nitrogen and oxygen atoms in total. The second-order valence-corrected chi connectivity index (χ2v) is 12.5. The number of benzene rings is 3. The van der Waals surface area contributed by atoms with Crippen molar-refractivity contribution in [1.82, 2.24) is 4.98 Å². The summed E-state index contributed by atoms with van der Waals surface area (Å²) in [4.78, 5) is 4.87. The third-order valence-corrected chi connectivity index (χ3v) is 10.9. The molecular formula is C33H26NOP. The molecule has 0 saturated carbocycles. The van der Waals surface area contributed by atoms with Crippen LogP contribution in [0.2, 0.25) is 0 Å². The van der Waals surface area contributed by atoms with Crippen molar-refractivity contribution in [3.63, 3.8) is 0 Å². The quantitative estimate of drug-likeness (QED) is 0.314. The van der Waals surface area contributed by atoms with E-state index in [0.29, 0.717) is 17.3 Å². The number of rotatable bonds is 4. The molecular weight excluding hydrogens is 457 g/mol. The van der Waals surface area contributed by atoms with Gasteiger partial charge in [-0.25, -0.2) is 0 Å². The summed E-state index contributed by atoms with van der Waals surface area (Å²) in [6.45, 7) is 0. The van der Waals surface area contributed by atoms with Crippen molar-refractivity contribution >= 4 is 34.8 Å². The summed E-state index contributed by atoms with van der Waals surface area (Å²) < 4.78 is 14.7. The van der Waals surface area contributed by atoms with Gasteiger partial charge in [0.25, 0.3) is 0 Å². The highest BCUT2D eigenvalue weighted by Crippen LogP contribution is 2.51. The minimum Gasteiger partial charge on any atom is -0.307 e. The van der Waals surface area contributed by atoms with Gasteiger partial charge in [0.1, 0.15) is 5.44 Å². The Bertz CT molecular complexity index is 1550. The summed E-state index contributed by atoms with van der Waals surface area (Å²) in [5.74, 6) is 0.829. The Morgan fingerprint density at radius 2 is 1.44 bits per heavy atom. The van der Waals surface area contributed by atoms with E-state index in [2.05, 4.69) is 48.6 Å². The third-order valence-electron chi connectivity index (χ3n) is 7.92. The summed E-state index contributed by atoms with van der Waals surface area (Å²) in [5, 5.41) is 1.62. The molecule has 0 amide bonds. The van der Waals surface area contributed by atoms with Crippen LogP contribution < -0.4 is 16.0 Å². The standard InChI is InChI=1S/C33H26NOP/c35-36(27-10-3-1-4-11-27,28-12-5-2-6-13-28)31-21-18-26(22-34-31)29-19-16-25-15-14-23-8-7-9-24-17-20-30(29)33(25)32(23)24/h1-16,18-19,21-22,25,33H,17,20H2. The molecule has 36 heavy (non-hydrogen) atoms. The molecule has 3 aliphatic rings. The van der Waals surface area contributed by atoms with Crippen molar-refractivity contribution in [2.24, 2.45) is 5.92 Å². The Kier molecular flexibility index (Phi) is 5.04. The van der Waals surface area contributed by atoms with E-state index in [1.54, 1.807) is 0 Å². The molecule has 1 heterocycles. The first kappa shape index (κ1) is 21.5. The first-order chi connectivity index (χ1) is 17.7. The van der Waals surface area contributed by atoms with Gasteiger partial charge in [-0.15, -0.1) is 0 Å². The first-order valence-corrected chi connectivity index (χ1v) is 14.3. The highest BCUT2D eigenvalue weighted by Gasteiger charge is 2.36. The maximum atomic E-state index is 14.7. The fraction of sp³-hybridized carbons (Fsp3) is 0.121. The minimum absolute atomic E-state index is 0.411. The molecule has 2 unspecified atom stereocenters. The first-order valence-electron chi connectivity index (χ1n) is 12.6. The molecule has 3 aliphatic carbocycles. The Morgan fingerprint density at radius 3 is 2.14 bits per heavy atom. The van der Waals surface area contributed by atoms with Crippen molar-refractivity contribution in [2.75, 3.05) is 0 Å². The topological polar surface area (TPSA) is 30.0 Å². The van der Waals surface area contributed by atoms with Gasteiger partial charge >= 0.3 is 0 Å². The van der Waals surface area contributed by atoms with Crippen LogP contribution in [0, 0.1) is 5.92 Å². The number of allylic oxidation sites excluding steroid dienone is 5. The van der Waals surface area contributed by atoms with E-state index in [1.165, 1.54) is 27.8 Å². The zero-order valence-electron chi connectivity index (χ0n) is 19.9. The lowest BCUT2D eigenvalue weighted by Gasteiger charge is -2.39. The van der Waals surface area contributed by atoms with Gasteiger partial charge in [0.2, 0.25) is 0 Å². The zero-order chi connectivity index (χ0) is 24.1. The molecule has 0 fully saturated rings. The molecule has 2 atom stereocenters. The average Bonchev–Trinajstić information content (AvgIpc) is 2.96. The number of pyridine rings is 1. The average molecular weight is 484 g/mol. The molecule has 0 spiro atoms. The zero-order valence-corrected chi connectivity index (χ0v) is 20.8. The van der Waals surface area contributed by atoms with Crippen molar-refractivity contribution in [2.45, 2.75) is 18.8 Å². The summed E-state index contributed by atoms with van der Waals surface area (Å²) in [7, 11) is -3.07. The smallest absolute Gasteiger partial charge is 0.188 e. The molecule has 0 bridgehead atoms. The van der Waals surface area contributed by atoms with Crippen LogP contribution in [-0.4, -0.2) is 4.98 Å². The van der Waals surface area contributed by atoms with Crippen LogP contribution in [0.3, 0.4) is 0 Å². The molecule has 0 radical (unpaired) electrons. The van der Waals surface area contributed by atoms with Crippen molar-refractivity contribution in [3.8, 4) is 0 Å². The Morgan fingerprint density at radius 1 is 0.722 bits per heavy atom. The van der Waals surface area contributed by atoms with Crippen LogP contribution >= 0.6 is 7.14 Å². The fourth-order valence-electron chi connectivity index (χ4n) is 6.22. The minimum atomic E-state index is -3.07. The van der Waals surface area contributed by atoms with Crippen LogP contribution in [0.15, 0.2) is 121 Å². The van der Waals surface area contributed by atoms with Gasteiger partial charge in [-0.2, -0.15) is 0 Å². The van der Waals surface area contributed by atoms with Crippen LogP contribution in [0.1, 0.15) is 34.6 Å². The van der Waals surface area contributed by atoms with E-state index in [4.69, 9.17) is 4.98 Å². The normalized spacial score (nSPS) is 19.8. The molecule has 0 N–H and O–H groups in total. The molecule has 174 valence electrons. The summed E-state index contributed by atoms with van der Waals surface area (Å²) in [6, 6.07) is 30.3. The number of hydrogen-bond acceptors (Lipinski definition) is 2.